The predicted octanol–water partition coefficient (Wildman–Crippen LogP) is 7.61. The molecule has 1 aliphatic rings. The minimum absolute atomic E-state index is 0.534. The van der Waals surface area contributed by atoms with Gasteiger partial charge >= 0.3 is 61.6 Å². The molecule has 0 aliphatic carbocycles. The van der Waals surface area contributed by atoms with Crippen LogP contribution >= 0.6 is 0 Å². The van der Waals surface area contributed by atoms with Crippen molar-refractivity contribution in [3.8, 4) is 0 Å². The van der Waals surface area contributed by atoms with Crippen LogP contribution in [-0.4, -0.2) is 12.4 Å². The van der Waals surface area contributed by atoms with E-state index >= 15 is 0 Å². The topological polar surface area (TPSA) is 67.8 Å². The second kappa shape index (κ2) is 9.64. The Bertz CT molecular complexity index is 1860. The van der Waals surface area contributed by atoms with Crippen molar-refractivity contribution in [3.63, 3.8) is 0 Å². The minimum Gasteiger partial charge on any atom is -0.244 e. The van der Waals surface area contributed by atoms with E-state index in [0.29, 0.717) is 39.8 Å². The lowest BCUT2D eigenvalue weighted by Gasteiger charge is -1.98. The summed E-state index contributed by atoms with van der Waals surface area (Å²) in [5.41, 5.74) is 12.3. The lowest BCUT2D eigenvalue weighted by atomic mass is 10.0. The third-order valence-electron chi connectivity index (χ3n) is 7.81. The SMILES string of the molecule is CC[O+]=C1C(C)=c2[o+]c3c(C)c4[o+]c5c(C)c(CC)c(CC)[o+]c5c(C)c4[o+]c3c(C)c2=[O+]/C1=C(\C)CC. The maximum absolute atomic E-state index is 6.57. The van der Waals surface area contributed by atoms with E-state index in [0.717, 1.165) is 81.1 Å². The minimum atomic E-state index is 0.534. The highest BCUT2D eigenvalue weighted by atomic mass is 16.4. The van der Waals surface area contributed by atoms with Crippen molar-refractivity contribution < 1.29 is 22.1 Å². The molecule has 4 aromatic heterocycles. The van der Waals surface area contributed by atoms with E-state index in [9.17, 15) is 0 Å². The summed E-state index contributed by atoms with van der Waals surface area (Å²) in [7, 11) is 0. The number of rotatable bonds is 4. The van der Waals surface area contributed by atoms with Crippen LogP contribution in [0.1, 0.15) is 81.5 Å². The van der Waals surface area contributed by atoms with Crippen molar-refractivity contribution >= 4 is 44.9 Å². The van der Waals surface area contributed by atoms with Gasteiger partial charge in [0.1, 0.15) is 0 Å². The van der Waals surface area contributed by atoms with Crippen LogP contribution in [0.25, 0.3) is 39.1 Å². The van der Waals surface area contributed by atoms with Gasteiger partial charge in [0.2, 0.25) is 0 Å². The van der Waals surface area contributed by atoms with Crippen molar-refractivity contribution in [1.29, 1.82) is 0 Å². The maximum Gasteiger partial charge on any atom is 0.470 e. The molecular formula is C32H38O6+6. The molecule has 0 atom stereocenters. The maximum atomic E-state index is 6.57. The first-order valence-electron chi connectivity index (χ1n) is 13.7. The summed E-state index contributed by atoms with van der Waals surface area (Å²) in [6.07, 6.45) is 2.55. The molecule has 0 aromatic carbocycles. The van der Waals surface area contributed by atoms with E-state index in [-0.39, 0.29) is 0 Å². The number of hydrogen-bond donors (Lipinski definition) is 0. The van der Waals surface area contributed by atoms with Crippen molar-refractivity contribution in [2.24, 2.45) is 0 Å². The zero-order valence-electron chi connectivity index (χ0n) is 24.3. The lowest BCUT2D eigenvalue weighted by molar-refractivity contribution is -0.450. The van der Waals surface area contributed by atoms with Crippen LogP contribution in [-0.2, 0) is 17.3 Å². The van der Waals surface area contributed by atoms with Gasteiger partial charge in [-0.2, -0.15) is 17.7 Å². The third-order valence-corrected chi connectivity index (χ3v) is 7.81. The van der Waals surface area contributed by atoms with Gasteiger partial charge in [0, 0.05) is 12.5 Å². The summed E-state index contributed by atoms with van der Waals surface area (Å²) in [5.74, 6) is 2.46. The summed E-state index contributed by atoms with van der Waals surface area (Å²) >= 11 is 0. The van der Waals surface area contributed by atoms with Crippen LogP contribution in [0.15, 0.2) is 33.4 Å². The van der Waals surface area contributed by atoms with Gasteiger partial charge in [-0.25, -0.2) is 8.84 Å². The molecule has 6 nitrogen and oxygen atoms in total. The standard InChI is InChI=1S/C32H38O6/c1-11-15(5)23-24(33-14-4)17(7)27-28(35-23)19(9)31-32(37-27)20(10)30-29(38-31)18(8)26-25(36-30)16(6)21(12-2)22(13-3)34-26/h11-14H2,1-10H3/q+6/b23-15+. The Hall–Kier alpha value is -3.54. The summed E-state index contributed by atoms with van der Waals surface area (Å²) in [5, 5.41) is 0. The Morgan fingerprint density at radius 1 is 0.658 bits per heavy atom. The fourth-order valence-corrected chi connectivity index (χ4v) is 5.42. The van der Waals surface area contributed by atoms with Crippen LogP contribution in [0.2, 0.25) is 0 Å². The molecule has 0 radical (unpaired) electrons. The molecule has 1 aliphatic heterocycles. The van der Waals surface area contributed by atoms with E-state index in [4.69, 9.17) is 26.5 Å². The quantitative estimate of drug-likeness (QED) is 0.158. The molecule has 0 fully saturated rings. The Labute approximate surface area is 222 Å². The monoisotopic (exact) mass is 518 g/mol. The first-order chi connectivity index (χ1) is 18.2. The summed E-state index contributed by atoms with van der Waals surface area (Å²) in [4.78, 5) is 0. The van der Waals surface area contributed by atoms with Crippen LogP contribution in [0.4, 0.5) is 0 Å². The van der Waals surface area contributed by atoms with Crippen molar-refractivity contribution in [2.75, 3.05) is 6.61 Å². The normalized spacial score (nSPS) is 16.1. The average molecular weight is 519 g/mol. The Kier molecular flexibility index (Phi) is 6.62. The molecule has 4 aromatic rings. The molecular weight excluding hydrogens is 480 g/mol. The van der Waals surface area contributed by atoms with Gasteiger partial charge in [0.05, 0.1) is 17.5 Å². The second-order valence-corrected chi connectivity index (χ2v) is 10.1. The summed E-state index contributed by atoms with van der Waals surface area (Å²) < 4.78 is 38.6. The lowest BCUT2D eigenvalue weighted by Crippen LogP contribution is -2.37. The summed E-state index contributed by atoms with van der Waals surface area (Å²) in [6, 6.07) is 0. The molecule has 0 amide bonds. The van der Waals surface area contributed by atoms with E-state index in [2.05, 4.69) is 34.6 Å². The van der Waals surface area contributed by atoms with Gasteiger partial charge in [-0.15, -0.1) is 0 Å². The smallest absolute Gasteiger partial charge is 0.244 e. The molecule has 5 heterocycles. The van der Waals surface area contributed by atoms with Gasteiger partial charge in [-0.05, 0) is 54.4 Å². The van der Waals surface area contributed by atoms with Crippen molar-refractivity contribution in [2.45, 2.75) is 88.5 Å². The van der Waals surface area contributed by atoms with Gasteiger partial charge in [-0.3, -0.25) is 0 Å². The fraction of sp³-hybridized carbons (Fsp3) is 0.438. The molecule has 0 spiro atoms. The molecule has 5 rings (SSSR count). The zero-order valence-corrected chi connectivity index (χ0v) is 24.3. The molecule has 0 saturated carbocycles. The van der Waals surface area contributed by atoms with Crippen molar-refractivity contribution in [1.82, 2.24) is 0 Å². The number of allylic oxidation sites excluding steroid dienone is 2. The molecule has 196 valence electrons. The average Bonchev–Trinajstić information content (AvgIpc) is 2.91. The number of carbonyl (C=O) groups excluding carboxylic acids is 1. The number of ketones is 1. The Balaban J connectivity index is 1.98. The van der Waals surface area contributed by atoms with E-state index in [1.807, 2.05) is 34.6 Å². The highest BCUT2D eigenvalue weighted by molar-refractivity contribution is 6.25. The molecule has 0 unspecified atom stereocenters. The third kappa shape index (κ3) is 3.68. The molecule has 0 saturated heterocycles. The Morgan fingerprint density at radius 3 is 1.76 bits per heavy atom. The number of hydrogen-bond acceptors (Lipinski definition) is 0. The van der Waals surface area contributed by atoms with Crippen LogP contribution in [0.3, 0.4) is 0 Å². The number of fused-ring (bicyclic) bond motifs is 4. The number of aryl methyl sites for hydroxylation is 5. The van der Waals surface area contributed by atoms with Crippen LogP contribution < -0.4 is 10.8 Å². The fourth-order valence-electron chi connectivity index (χ4n) is 5.42. The van der Waals surface area contributed by atoms with Gasteiger partial charge in [0.15, 0.2) is 22.3 Å². The van der Waals surface area contributed by atoms with Crippen LogP contribution in [0.5, 0.6) is 0 Å². The van der Waals surface area contributed by atoms with Gasteiger partial charge < -0.3 is 0 Å². The largest absolute Gasteiger partial charge is 0.470 e. The highest BCUT2D eigenvalue weighted by Gasteiger charge is 2.49. The molecule has 0 bridgehead atoms. The van der Waals surface area contributed by atoms with Crippen LogP contribution in [0, 0.1) is 27.7 Å². The second-order valence-electron chi connectivity index (χ2n) is 10.1. The van der Waals surface area contributed by atoms with E-state index < -0.39 is 0 Å². The molecule has 0 N–H and O–H groups in total. The predicted molar refractivity (Wildman–Crippen MR) is 152 cm³/mol. The van der Waals surface area contributed by atoms with Gasteiger partial charge in [0.25, 0.3) is 6.61 Å². The first-order valence-corrected chi connectivity index (χ1v) is 13.7. The Morgan fingerprint density at radius 2 is 1.21 bits per heavy atom. The van der Waals surface area contributed by atoms with E-state index in [1.165, 1.54) is 5.56 Å². The van der Waals surface area contributed by atoms with E-state index in [1.54, 1.807) is 0 Å². The zero-order chi connectivity index (χ0) is 27.5. The van der Waals surface area contributed by atoms with Gasteiger partial charge in [-0.1, -0.05) is 20.8 Å². The summed E-state index contributed by atoms with van der Waals surface area (Å²) in [6.45, 7) is 21.1. The highest BCUT2D eigenvalue weighted by Crippen LogP contribution is 2.37. The van der Waals surface area contributed by atoms with Crippen molar-refractivity contribution in [3.05, 3.63) is 60.2 Å². The molecule has 38 heavy (non-hydrogen) atoms. The first kappa shape index (κ1) is 26.1. The molecule has 6 heteroatoms.